The molecule has 0 fully saturated rings. The van der Waals surface area contributed by atoms with E-state index in [9.17, 15) is 24.0 Å². The van der Waals surface area contributed by atoms with Gasteiger partial charge in [-0.25, -0.2) is 9.59 Å². The van der Waals surface area contributed by atoms with Gasteiger partial charge in [0.15, 0.2) is 0 Å². The molecule has 0 bridgehead atoms. The molecule has 0 unspecified atom stereocenters. The molecule has 2 heterocycles. The number of carboxylic acid groups (broad SMARTS) is 1. The summed E-state index contributed by atoms with van der Waals surface area (Å²) in [7, 11) is 0. The van der Waals surface area contributed by atoms with Crippen LogP contribution in [0.1, 0.15) is 11.1 Å². The quantitative estimate of drug-likeness (QED) is 0.432. The molecule has 0 aliphatic heterocycles. The van der Waals surface area contributed by atoms with Gasteiger partial charge in [-0.05, 0) is 6.92 Å². The van der Waals surface area contributed by atoms with Crippen molar-refractivity contribution in [1.29, 1.82) is 0 Å². The molecule has 5 N–H and O–H groups in total. The molecule has 0 aliphatic carbocycles. The van der Waals surface area contributed by atoms with Gasteiger partial charge in [0.2, 0.25) is 0 Å². The molecule has 112 valence electrons. The standard InChI is InChI=1S/C6H6N2O4.C5H6N2O2/c9-4(10)1-3-2-7-6(12)8-5(3)11;1-3-2-6-5(9)7-4(3)8/h2H,1H2,(H,9,10)(H2,7,8,11,12);2H,1H3,(H2,6,7,8,9). The molecule has 2 aromatic heterocycles. The molecule has 0 radical (unpaired) electrons. The summed E-state index contributed by atoms with van der Waals surface area (Å²) in [6, 6.07) is 0. The lowest BCUT2D eigenvalue weighted by molar-refractivity contribution is -0.136. The maximum atomic E-state index is 10.8. The van der Waals surface area contributed by atoms with E-state index in [-0.39, 0.29) is 11.1 Å². The second kappa shape index (κ2) is 6.84. The molecule has 21 heavy (non-hydrogen) atoms. The zero-order chi connectivity index (χ0) is 16.0. The minimum Gasteiger partial charge on any atom is -0.481 e. The third kappa shape index (κ3) is 5.14. The van der Waals surface area contributed by atoms with E-state index in [1.807, 2.05) is 4.98 Å². The number of hydrogen-bond donors (Lipinski definition) is 5. The number of aliphatic carboxylic acids is 1. The van der Waals surface area contributed by atoms with Crippen LogP contribution in [0.15, 0.2) is 31.6 Å². The fourth-order valence-corrected chi connectivity index (χ4v) is 1.21. The molecule has 0 atom stereocenters. The van der Waals surface area contributed by atoms with Crippen LogP contribution in [0.3, 0.4) is 0 Å². The van der Waals surface area contributed by atoms with Crippen molar-refractivity contribution in [1.82, 2.24) is 19.9 Å². The number of aromatic amines is 4. The highest BCUT2D eigenvalue weighted by Gasteiger charge is 2.04. The number of nitrogens with one attached hydrogen (secondary N) is 4. The van der Waals surface area contributed by atoms with E-state index in [1.165, 1.54) is 6.20 Å². The summed E-state index contributed by atoms with van der Waals surface area (Å²) in [4.78, 5) is 60.8. The Hall–Kier alpha value is -3.17. The second-order valence-electron chi connectivity index (χ2n) is 3.92. The Labute approximate surface area is 115 Å². The first kappa shape index (κ1) is 15.9. The molecule has 2 aromatic rings. The average molecular weight is 296 g/mol. The molecule has 0 amide bonds. The van der Waals surface area contributed by atoms with Crippen LogP contribution in [0.25, 0.3) is 0 Å². The number of carboxylic acids is 1. The molecule has 0 aromatic carbocycles. The Balaban J connectivity index is 0.000000219. The number of carbonyl (C=O) groups is 1. The summed E-state index contributed by atoms with van der Waals surface area (Å²) in [5.41, 5.74) is -1.57. The van der Waals surface area contributed by atoms with E-state index in [0.717, 1.165) is 6.20 Å². The highest BCUT2D eigenvalue weighted by molar-refractivity contribution is 5.69. The van der Waals surface area contributed by atoms with Crippen molar-refractivity contribution in [3.63, 3.8) is 0 Å². The van der Waals surface area contributed by atoms with Gasteiger partial charge in [-0.2, -0.15) is 0 Å². The summed E-state index contributed by atoms with van der Waals surface area (Å²) in [6.45, 7) is 1.62. The normalized spacial score (nSPS) is 9.57. The van der Waals surface area contributed by atoms with Crippen LogP contribution in [0, 0.1) is 6.92 Å². The van der Waals surface area contributed by atoms with Crippen molar-refractivity contribution in [3.05, 3.63) is 65.2 Å². The van der Waals surface area contributed by atoms with Gasteiger partial charge in [-0.1, -0.05) is 0 Å². The Bertz CT molecular complexity index is 856. The Morgan fingerprint density at radius 1 is 1.00 bits per heavy atom. The smallest absolute Gasteiger partial charge is 0.325 e. The summed E-state index contributed by atoms with van der Waals surface area (Å²) in [5.74, 6) is -1.12. The summed E-state index contributed by atoms with van der Waals surface area (Å²) < 4.78 is 0. The SMILES string of the molecule is Cc1c[nH]c(=O)[nH]c1=O.O=C(O)Cc1c[nH]c(=O)[nH]c1=O. The third-order valence-corrected chi connectivity index (χ3v) is 2.24. The van der Waals surface area contributed by atoms with Gasteiger partial charge >= 0.3 is 17.3 Å². The lowest BCUT2D eigenvalue weighted by Gasteiger charge is -1.92. The van der Waals surface area contributed by atoms with Crippen LogP contribution < -0.4 is 22.5 Å². The maximum Gasteiger partial charge on any atom is 0.325 e. The Kier molecular flexibility index (Phi) is 5.17. The van der Waals surface area contributed by atoms with E-state index in [0.29, 0.717) is 5.56 Å². The monoisotopic (exact) mass is 296 g/mol. The number of hydrogen-bond acceptors (Lipinski definition) is 5. The van der Waals surface area contributed by atoms with Gasteiger partial charge in [0.05, 0.1) is 6.42 Å². The minimum absolute atomic E-state index is 0.0297. The van der Waals surface area contributed by atoms with Gasteiger partial charge < -0.3 is 15.1 Å². The number of aryl methyl sites for hydroxylation is 1. The highest BCUT2D eigenvalue weighted by atomic mass is 16.4. The van der Waals surface area contributed by atoms with Gasteiger partial charge in [-0.15, -0.1) is 0 Å². The lowest BCUT2D eigenvalue weighted by atomic mass is 10.2. The molecular weight excluding hydrogens is 284 g/mol. The number of rotatable bonds is 2. The van der Waals surface area contributed by atoms with Crippen molar-refractivity contribution in [2.45, 2.75) is 13.3 Å². The first-order valence-electron chi connectivity index (χ1n) is 5.61. The van der Waals surface area contributed by atoms with Crippen LogP contribution in [0.4, 0.5) is 0 Å². The van der Waals surface area contributed by atoms with Gasteiger partial charge in [-0.3, -0.25) is 24.4 Å². The van der Waals surface area contributed by atoms with Gasteiger partial charge in [0.25, 0.3) is 11.1 Å². The molecule has 0 saturated heterocycles. The van der Waals surface area contributed by atoms with Crippen molar-refractivity contribution >= 4 is 5.97 Å². The van der Waals surface area contributed by atoms with E-state index in [1.54, 1.807) is 6.92 Å². The second-order valence-corrected chi connectivity index (χ2v) is 3.92. The van der Waals surface area contributed by atoms with Crippen molar-refractivity contribution in [3.8, 4) is 0 Å². The third-order valence-electron chi connectivity index (χ3n) is 2.24. The predicted octanol–water partition coefficient (Wildman–Crippen LogP) is -1.94. The number of aromatic nitrogens is 4. The first-order valence-corrected chi connectivity index (χ1v) is 5.61. The summed E-state index contributed by atoms with van der Waals surface area (Å²) in [5, 5.41) is 8.32. The van der Waals surface area contributed by atoms with Crippen molar-refractivity contribution < 1.29 is 9.90 Å². The maximum absolute atomic E-state index is 10.8. The zero-order valence-electron chi connectivity index (χ0n) is 10.9. The molecule has 2 rings (SSSR count). The van der Waals surface area contributed by atoms with Crippen LogP contribution >= 0.6 is 0 Å². The van der Waals surface area contributed by atoms with Gasteiger partial charge in [0, 0.05) is 23.5 Å². The molecule has 0 spiro atoms. The predicted molar refractivity (Wildman–Crippen MR) is 71.4 cm³/mol. The number of H-pyrrole nitrogens is 4. The van der Waals surface area contributed by atoms with Crippen LogP contribution in [-0.2, 0) is 11.2 Å². The average Bonchev–Trinajstić information content (AvgIpc) is 2.38. The van der Waals surface area contributed by atoms with Crippen molar-refractivity contribution in [2.75, 3.05) is 0 Å². The fraction of sp³-hybridized carbons (Fsp3) is 0.182. The van der Waals surface area contributed by atoms with Crippen molar-refractivity contribution in [2.24, 2.45) is 0 Å². The van der Waals surface area contributed by atoms with Crippen LogP contribution in [0.5, 0.6) is 0 Å². The summed E-state index contributed by atoms with van der Waals surface area (Å²) >= 11 is 0. The van der Waals surface area contributed by atoms with E-state index in [2.05, 4.69) is 15.0 Å². The summed E-state index contributed by atoms with van der Waals surface area (Å²) in [6.07, 6.45) is 2.07. The fourth-order valence-electron chi connectivity index (χ4n) is 1.21. The topological polar surface area (TPSA) is 169 Å². The zero-order valence-corrected chi connectivity index (χ0v) is 10.9. The molecular formula is C11H12N4O6. The van der Waals surface area contributed by atoms with E-state index >= 15 is 0 Å². The van der Waals surface area contributed by atoms with E-state index < -0.39 is 29.3 Å². The molecule has 10 heteroatoms. The van der Waals surface area contributed by atoms with Crippen LogP contribution in [0.2, 0.25) is 0 Å². The van der Waals surface area contributed by atoms with Gasteiger partial charge in [0.1, 0.15) is 0 Å². The molecule has 0 aliphatic rings. The Morgan fingerprint density at radius 3 is 1.95 bits per heavy atom. The minimum atomic E-state index is -1.12. The highest BCUT2D eigenvalue weighted by Crippen LogP contribution is 1.85. The first-order chi connectivity index (χ1) is 9.79. The largest absolute Gasteiger partial charge is 0.481 e. The molecule has 10 nitrogen and oxygen atoms in total. The Morgan fingerprint density at radius 2 is 1.52 bits per heavy atom. The van der Waals surface area contributed by atoms with Crippen LogP contribution in [-0.4, -0.2) is 31.0 Å². The lowest BCUT2D eigenvalue weighted by Crippen LogP contribution is -2.25. The van der Waals surface area contributed by atoms with E-state index in [4.69, 9.17) is 5.11 Å². The molecule has 0 saturated carbocycles.